The average molecular weight is 222 g/mol. The van der Waals surface area contributed by atoms with Crippen molar-refractivity contribution in [2.75, 3.05) is 6.61 Å². The van der Waals surface area contributed by atoms with Crippen molar-refractivity contribution in [1.29, 1.82) is 0 Å². The Morgan fingerprint density at radius 1 is 1.38 bits per heavy atom. The molecule has 0 aromatic rings. The van der Waals surface area contributed by atoms with Crippen LogP contribution in [0.2, 0.25) is 0 Å². The molecule has 0 aromatic heterocycles. The first kappa shape index (κ1) is 11.7. The van der Waals surface area contributed by atoms with Crippen molar-refractivity contribution in [2.24, 2.45) is 11.3 Å². The maximum Gasteiger partial charge on any atom is 0.313 e. The third-order valence-corrected chi connectivity index (χ3v) is 4.31. The number of hydrogen-bond donors (Lipinski definition) is 0. The van der Waals surface area contributed by atoms with Gasteiger partial charge in [-0.15, -0.1) is 0 Å². The van der Waals surface area contributed by atoms with Crippen molar-refractivity contribution in [2.45, 2.75) is 51.9 Å². The second-order valence-electron chi connectivity index (χ2n) is 5.27. The van der Waals surface area contributed by atoms with Crippen LogP contribution in [0.5, 0.6) is 0 Å². The molecule has 0 N–H and O–H groups in total. The summed E-state index contributed by atoms with van der Waals surface area (Å²) in [6.07, 6.45) is 8.31. The fourth-order valence-corrected chi connectivity index (χ4v) is 3.65. The van der Waals surface area contributed by atoms with Gasteiger partial charge in [0, 0.05) is 0 Å². The molecule has 1 atom stereocenters. The van der Waals surface area contributed by atoms with Crippen LogP contribution in [0.15, 0.2) is 12.2 Å². The van der Waals surface area contributed by atoms with Crippen LogP contribution in [0.3, 0.4) is 0 Å². The van der Waals surface area contributed by atoms with E-state index < -0.39 is 0 Å². The van der Waals surface area contributed by atoms with E-state index in [-0.39, 0.29) is 17.3 Å². The largest absolute Gasteiger partial charge is 0.466 e. The van der Waals surface area contributed by atoms with E-state index in [1.165, 1.54) is 38.5 Å². The van der Waals surface area contributed by atoms with Gasteiger partial charge in [0.05, 0.1) is 12.5 Å². The Bertz CT molecular complexity index is 287. The molecule has 0 radical (unpaired) electrons. The van der Waals surface area contributed by atoms with E-state index in [1.54, 1.807) is 0 Å². The first-order valence-electron chi connectivity index (χ1n) is 6.54. The van der Waals surface area contributed by atoms with Crippen LogP contribution in [-0.4, -0.2) is 12.6 Å². The van der Waals surface area contributed by atoms with Crippen molar-refractivity contribution in [3.8, 4) is 0 Å². The van der Waals surface area contributed by atoms with E-state index in [0.29, 0.717) is 6.61 Å². The Hall–Kier alpha value is -0.790. The molecular formula is C14H22O2. The fraction of sp³-hybridized carbons (Fsp3) is 0.786. The Balaban J connectivity index is 2.20. The molecule has 0 bridgehead atoms. The zero-order valence-electron chi connectivity index (χ0n) is 10.3. The van der Waals surface area contributed by atoms with Gasteiger partial charge in [-0.1, -0.05) is 25.0 Å². The van der Waals surface area contributed by atoms with E-state index in [4.69, 9.17) is 4.74 Å². The van der Waals surface area contributed by atoms with Crippen LogP contribution >= 0.6 is 0 Å². The van der Waals surface area contributed by atoms with Crippen LogP contribution in [-0.2, 0) is 9.53 Å². The molecular weight excluding hydrogens is 200 g/mol. The van der Waals surface area contributed by atoms with Crippen molar-refractivity contribution >= 4 is 5.97 Å². The van der Waals surface area contributed by atoms with Gasteiger partial charge < -0.3 is 4.74 Å². The van der Waals surface area contributed by atoms with E-state index in [0.717, 1.165) is 12.0 Å². The number of carbonyl (C=O) groups is 1. The summed E-state index contributed by atoms with van der Waals surface area (Å²) < 4.78 is 5.24. The van der Waals surface area contributed by atoms with Crippen LogP contribution < -0.4 is 0 Å². The summed E-state index contributed by atoms with van der Waals surface area (Å²) in [5.74, 6) is -0.0298. The molecule has 1 spiro atoms. The Labute approximate surface area is 98.1 Å². The summed E-state index contributed by atoms with van der Waals surface area (Å²) in [5, 5.41) is 0. The van der Waals surface area contributed by atoms with E-state index >= 15 is 0 Å². The van der Waals surface area contributed by atoms with Crippen LogP contribution in [0.4, 0.5) is 0 Å². The maximum absolute atomic E-state index is 12.1. The highest BCUT2D eigenvalue weighted by Gasteiger charge is 2.48. The molecule has 2 saturated carbocycles. The van der Waals surface area contributed by atoms with Gasteiger partial charge in [-0.3, -0.25) is 4.79 Å². The quantitative estimate of drug-likeness (QED) is 0.528. The van der Waals surface area contributed by atoms with Gasteiger partial charge in [-0.25, -0.2) is 0 Å². The highest BCUT2D eigenvalue weighted by molar-refractivity contribution is 5.77. The average Bonchev–Trinajstić information content (AvgIpc) is 2.67. The summed E-state index contributed by atoms with van der Waals surface area (Å²) in [4.78, 5) is 12.1. The van der Waals surface area contributed by atoms with Gasteiger partial charge >= 0.3 is 5.97 Å². The monoisotopic (exact) mass is 222 g/mol. The van der Waals surface area contributed by atoms with Crippen molar-refractivity contribution < 1.29 is 9.53 Å². The van der Waals surface area contributed by atoms with Crippen LogP contribution in [0, 0.1) is 11.3 Å². The number of rotatable bonds is 2. The molecule has 2 fully saturated rings. The second-order valence-corrected chi connectivity index (χ2v) is 5.27. The predicted octanol–water partition coefficient (Wildman–Crippen LogP) is 3.47. The zero-order valence-corrected chi connectivity index (χ0v) is 10.3. The molecule has 2 aliphatic rings. The molecule has 1 unspecified atom stereocenters. The number of esters is 1. The fourth-order valence-electron chi connectivity index (χ4n) is 3.65. The van der Waals surface area contributed by atoms with Gasteiger partial charge in [0.15, 0.2) is 0 Å². The highest BCUT2D eigenvalue weighted by atomic mass is 16.5. The smallest absolute Gasteiger partial charge is 0.313 e. The third-order valence-electron chi connectivity index (χ3n) is 4.31. The highest BCUT2D eigenvalue weighted by Crippen LogP contribution is 2.54. The molecule has 0 aliphatic heterocycles. The van der Waals surface area contributed by atoms with Crippen LogP contribution in [0.25, 0.3) is 0 Å². The summed E-state index contributed by atoms with van der Waals surface area (Å²) in [5.41, 5.74) is 1.33. The Morgan fingerprint density at radius 2 is 2.00 bits per heavy atom. The lowest BCUT2D eigenvalue weighted by molar-refractivity contribution is -0.152. The normalized spacial score (nSPS) is 28.3. The molecule has 2 aliphatic carbocycles. The molecule has 16 heavy (non-hydrogen) atoms. The third kappa shape index (κ3) is 1.90. The van der Waals surface area contributed by atoms with E-state index in [9.17, 15) is 4.79 Å². The lowest BCUT2D eigenvalue weighted by Gasteiger charge is -2.41. The lowest BCUT2D eigenvalue weighted by Crippen LogP contribution is -2.39. The van der Waals surface area contributed by atoms with Crippen molar-refractivity contribution in [3.63, 3.8) is 0 Å². The van der Waals surface area contributed by atoms with Gasteiger partial charge in [0.1, 0.15) is 0 Å². The van der Waals surface area contributed by atoms with Gasteiger partial charge in [0.2, 0.25) is 0 Å². The van der Waals surface area contributed by atoms with Crippen molar-refractivity contribution in [1.82, 2.24) is 0 Å². The molecule has 0 amide bonds. The second kappa shape index (κ2) is 4.60. The number of hydrogen-bond acceptors (Lipinski definition) is 2. The first-order valence-corrected chi connectivity index (χ1v) is 6.54. The minimum Gasteiger partial charge on any atom is -0.466 e. The topological polar surface area (TPSA) is 26.3 Å². The molecule has 0 aromatic carbocycles. The SMILES string of the molecule is C=C1CCCC2(CCCC2)C1C(=O)OCC. The molecule has 0 heterocycles. The Morgan fingerprint density at radius 3 is 2.62 bits per heavy atom. The molecule has 90 valence electrons. The predicted molar refractivity (Wildman–Crippen MR) is 64.0 cm³/mol. The van der Waals surface area contributed by atoms with Gasteiger partial charge in [-0.05, 0) is 44.4 Å². The van der Waals surface area contributed by atoms with Gasteiger partial charge in [0.25, 0.3) is 0 Å². The van der Waals surface area contributed by atoms with E-state index in [2.05, 4.69) is 6.58 Å². The first-order chi connectivity index (χ1) is 7.69. The maximum atomic E-state index is 12.1. The summed E-state index contributed by atoms with van der Waals surface area (Å²) in [6.45, 7) is 6.48. The molecule has 2 rings (SSSR count). The molecule has 2 heteroatoms. The molecule has 2 nitrogen and oxygen atoms in total. The lowest BCUT2D eigenvalue weighted by atomic mass is 9.63. The Kier molecular flexibility index (Phi) is 3.36. The summed E-state index contributed by atoms with van der Waals surface area (Å²) in [6, 6.07) is 0. The summed E-state index contributed by atoms with van der Waals surface area (Å²) in [7, 11) is 0. The number of ether oxygens (including phenoxy) is 1. The number of carbonyl (C=O) groups excluding carboxylic acids is 1. The standard InChI is InChI=1S/C14H22O2/c1-3-16-13(15)12-11(2)7-6-10-14(12)8-4-5-9-14/h12H,2-10H2,1H3. The van der Waals surface area contributed by atoms with Gasteiger partial charge in [-0.2, -0.15) is 0 Å². The minimum atomic E-state index is -0.0194. The zero-order chi connectivity index (χ0) is 11.6. The summed E-state index contributed by atoms with van der Waals surface area (Å²) >= 11 is 0. The van der Waals surface area contributed by atoms with Crippen LogP contribution in [0.1, 0.15) is 51.9 Å². The van der Waals surface area contributed by atoms with E-state index in [1.807, 2.05) is 6.92 Å². The van der Waals surface area contributed by atoms with Crippen molar-refractivity contribution in [3.05, 3.63) is 12.2 Å². The minimum absolute atomic E-state index is 0.0105. The molecule has 0 saturated heterocycles.